The highest BCUT2D eigenvalue weighted by Crippen LogP contribution is 2.41. The fourth-order valence-electron chi connectivity index (χ4n) is 3.71. The second-order valence-electron chi connectivity index (χ2n) is 6.78. The van der Waals surface area contributed by atoms with Gasteiger partial charge in [0.05, 0.1) is 0 Å². The predicted molar refractivity (Wildman–Crippen MR) is 88.3 cm³/mol. The van der Waals surface area contributed by atoms with Gasteiger partial charge in [0.2, 0.25) is 0 Å². The third-order valence-electron chi connectivity index (χ3n) is 5.13. The molecule has 3 unspecified atom stereocenters. The van der Waals surface area contributed by atoms with Crippen molar-refractivity contribution in [1.29, 1.82) is 0 Å². The average molecular weight is 273 g/mol. The van der Waals surface area contributed by atoms with Crippen LogP contribution in [0, 0.1) is 25.7 Å². The number of rotatable bonds is 5. The largest absolute Gasteiger partial charge is 0.316 e. The maximum absolute atomic E-state index is 3.65. The summed E-state index contributed by atoms with van der Waals surface area (Å²) in [6.45, 7) is 11.6. The highest BCUT2D eigenvalue weighted by atomic mass is 14.9. The third-order valence-corrected chi connectivity index (χ3v) is 5.13. The van der Waals surface area contributed by atoms with Crippen LogP contribution in [-0.4, -0.2) is 13.1 Å². The summed E-state index contributed by atoms with van der Waals surface area (Å²) in [6, 6.07) is 6.86. The zero-order valence-electron chi connectivity index (χ0n) is 13.7. The Kier molecular flexibility index (Phi) is 5.65. The van der Waals surface area contributed by atoms with Crippen LogP contribution in [0.3, 0.4) is 0 Å². The van der Waals surface area contributed by atoms with Gasteiger partial charge in [-0.25, -0.2) is 0 Å². The third kappa shape index (κ3) is 3.63. The highest BCUT2D eigenvalue weighted by Gasteiger charge is 2.30. The molecule has 112 valence electrons. The fraction of sp³-hybridized carbons (Fsp3) is 0.684. The van der Waals surface area contributed by atoms with E-state index in [1.807, 2.05) is 0 Å². The number of aryl methyl sites for hydroxylation is 1. The summed E-state index contributed by atoms with van der Waals surface area (Å²) in [6.07, 6.45) is 5.38. The molecule has 0 radical (unpaired) electrons. The predicted octanol–water partition coefficient (Wildman–Crippen LogP) is 4.82. The van der Waals surface area contributed by atoms with E-state index < -0.39 is 0 Å². The SMILES string of the molecule is CCCNCC1CCC(C)CC1c1cccc(C)c1C. The molecule has 1 N–H and O–H groups in total. The van der Waals surface area contributed by atoms with Crippen molar-refractivity contribution >= 4 is 0 Å². The summed E-state index contributed by atoms with van der Waals surface area (Å²) in [5.74, 6) is 2.45. The van der Waals surface area contributed by atoms with Gasteiger partial charge in [0.25, 0.3) is 0 Å². The van der Waals surface area contributed by atoms with E-state index in [1.165, 1.54) is 43.4 Å². The van der Waals surface area contributed by atoms with E-state index in [1.54, 1.807) is 5.56 Å². The Bertz CT molecular complexity index is 424. The second kappa shape index (κ2) is 7.26. The van der Waals surface area contributed by atoms with Crippen LogP contribution in [0.5, 0.6) is 0 Å². The van der Waals surface area contributed by atoms with Gasteiger partial charge in [0.15, 0.2) is 0 Å². The molecule has 20 heavy (non-hydrogen) atoms. The van der Waals surface area contributed by atoms with E-state index in [9.17, 15) is 0 Å². The Labute approximate surface area is 125 Å². The summed E-state index contributed by atoms with van der Waals surface area (Å²) in [5, 5.41) is 3.65. The van der Waals surface area contributed by atoms with E-state index in [0.717, 1.165) is 24.3 Å². The zero-order chi connectivity index (χ0) is 14.5. The van der Waals surface area contributed by atoms with Crippen molar-refractivity contribution in [3.63, 3.8) is 0 Å². The van der Waals surface area contributed by atoms with Crippen molar-refractivity contribution in [3.8, 4) is 0 Å². The van der Waals surface area contributed by atoms with Crippen molar-refractivity contribution in [2.75, 3.05) is 13.1 Å². The maximum Gasteiger partial charge on any atom is -0.00147 e. The Morgan fingerprint density at radius 1 is 1.20 bits per heavy atom. The van der Waals surface area contributed by atoms with Crippen LogP contribution in [0.25, 0.3) is 0 Å². The molecule has 1 saturated carbocycles. The lowest BCUT2D eigenvalue weighted by Crippen LogP contribution is -2.32. The molecular weight excluding hydrogens is 242 g/mol. The average Bonchev–Trinajstić information content (AvgIpc) is 2.44. The molecule has 0 aliphatic heterocycles. The Hall–Kier alpha value is -0.820. The van der Waals surface area contributed by atoms with Gasteiger partial charge in [-0.15, -0.1) is 0 Å². The van der Waals surface area contributed by atoms with Crippen molar-refractivity contribution in [2.24, 2.45) is 11.8 Å². The van der Waals surface area contributed by atoms with Gasteiger partial charge < -0.3 is 5.32 Å². The Balaban J connectivity index is 2.16. The minimum atomic E-state index is 0.753. The van der Waals surface area contributed by atoms with Gasteiger partial charge in [-0.2, -0.15) is 0 Å². The molecule has 1 aromatic carbocycles. The first-order valence-corrected chi connectivity index (χ1v) is 8.40. The van der Waals surface area contributed by atoms with Crippen molar-refractivity contribution in [3.05, 3.63) is 34.9 Å². The molecule has 0 amide bonds. The summed E-state index contributed by atoms with van der Waals surface area (Å²) in [4.78, 5) is 0. The number of benzene rings is 1. The molecule has 0 bridgehead atoms. The van der Waals surface area contributed by atoms with Crippen LogP contribution in [0.1, 0.15) is 62.1 Å². The maximum atomic E-state index is 3.65. The van der Waals surface area contributed by atoms with Gasteiger partial charge in [0, 0.05) is 0 Å². The summed E-state index contributed by atoms with van der Waals surface area (Å²) in [7, 11) is 0. The van der Waals surface area contributed by atoms with Crippen LogP contribution >= 0.6 is 0 Å². The second-order valence-corrected chi connectivity index (χ2v) is 6.78. The van der Waals surface area contributed by atoms with E-state index in [2.05, 4.69) is 51.2 Å². The van der Waals surface area contributed by atoms with Crippen LogP contribution in [0.2, 0.25) is 0 Å². The smallest absolute Gasteiger partial charge is 0.00147 e. The Morgan fingerprint density at radius 2 is 2.00 bits per heavy atom. The number of nitrogens with one attached hydrogen (secondary N) is 1. The van der Waals surface area contributed by atoms with Gasteiger partial charge in [-0.05, 0) is 80.6 Å². The first-order chi connectivity index (χ1) is 9.63. The molecule has 1 aliphatic rings. The summed E-state index contributed by atoms with van der Waals surface area (Å²) >= 11 is 0. The van der Waals surface area contributed by atoms with Gasteiger partial charge >= 0.3 is 0 Å². The summed E-state index contributed by atoms with van der Waals surface area (Å²) in [5.41, 5.74) is 4.58. The molecule has 0 saturated heterocycles. The lowest BCUT2D eigenvalue weighted by molar-refractivity contribution is 0.241. The van der Waals surface area contributed by atoms with Gasteiger partial charge in [-0.3, -0.25) is 0 Å². The lowest BCUT2D eigenvalue weighted by Gasteiger charge is -2.36. The van der Waals surface area contributed by atoms with Crippen LogP contribution in [-0.2, 0) is 0 Å². The fourth-order valence-corrected chi connectivity index (χ4v) is 3.71. The van der Waals surface area contributed by atoms with E-state index in [0.29, 0.717) is 0 Å². The minimum absolute atomic E-state index is 0.753. The van der Waals surface area contributed by atoms with Crippen molar-refractivity contribution in [1.82, 2.24) is 5.32 Å². The van der Waals surface area contributed by atoms with Crippen molar-refractivity contribution in [2.45, 2.75) is 59.3 Å². The molecule has 1 aromatic rings. The highest BCUT2D eigenvalue weighted by molar-refractivity contribution is 5.36. The number of hydrogen-bond donors (Lipinski definition) is 1. The first-order valence-electron chi connectivity index (χ1n) is 8.40. The van der Waals surface area contributed by atoms with Crippen LogP contribution in [0.4, 0.5) is 0 Å². The van der Waals surface area contributed by atoms with Crippen molar-refractivity contribution < 1.29 is 0 Å². The number of hydrogen-bond acceptors (Lipinski definition) is 1. The zero-order valence-corrected chi connectivity index (χ0v) is 13.7. The standard InChI is InChI=1S/C19H31N/c1-5-11-20-13-17-10-9-14(2)12-19(17)18-8-6-7-15(3)16(18)4/h6-8,14,17,19-20H,5,9-13H2,1-4H3. The van der Waals surface area contributed by atoms with E-state index in [4.69, 9.17) is 0 Å². The van der Waals surface area contributed by atoms with Gasteiger partial charge in [-0.1, -0.05) is 38.5 Å². The molecule has 0 aromatic heterocycles. The first kappa shape index (κ1) is 15.6. The molecular formula is C19H31N. The molecule has 0 heterocycles. The van der Waals surface area contributed by atoms with Crippen LogP contribution < -0.4 is 5.32 Å². The normalized spacial score (nSPS) is 26.7. The quantitative estimate of drug-likeness (QED) is 0.758. The minimum Gasteiger partial charge on any atom is -0.316 e. The molecule has 3 atom stereocenters. The molecule has 1 nitrogen and oxygen atoms in total. The monoisotopic (exact) mass is 273 g/mol. The topological polar surface area (TPSA) is 12.0 Å². The molecule has 0 spiro atoms. The molecule has 2 rings (SSSR count). The van der Waals surface area contributed by atoms with E-state index in [-0.39, 0.29) is 0 Å². The van der Waals surface area contributed by atoms with E-state index >= 15 is 0 Å². The Morgan fingerprint density at radius 3 is 2.75 bits per heavy atom. The summed E-state index contributed by atoms with van der Waals surface area (Å²) < 4.78 is 0. The van der Waals surface area contributed by atoms with Gasteiger partial charge in [0.1, 0.15) is 0 Å². The molecule has 1 aliphatic carbocycles. The molecule has 1 heteroatoms. The lowest BCUT2D eigenvalue weighted by atomic mass is 9.70. The molecule has 1 fully saturated rings. The van der Waals surface area contributed by atoms with Crippen LogP contribution in [0.15, 0.2) is 18.2 Å².